The molecule has 100 valence electrons. The molecule has 2 rings (SSSR count). The van der Waals surface area contributed by atoms with Crippen molar-refractivity contribution in [3.8, 4) is 5.75 Å². The van der Waals surface area contributed by atoms with Gasteiger partial charge in [0.05, 0.1) is 6.10 Å². The fraction of sp³-hybridized carbons (Fsp3) is 0.600. The summed E-state index contributed by atoms with van der Waals surface area (Å²) in [6.45, 7) is 6.91. The van der Waals surface area contributed by atoms with Gasteiger partial charge in [-0.25, -0.2) is 0 Å². The van der Waals surface area contributed by atoms with Crippen molar-refractivity contribution >= 4 is 0 Å². The van der Waals surface area contributed by atoms with Gasteiger partial charge < -0.3 is 15.2 Å². The van der Waals surface area contributed by atoms with Gasteiger partial charge in [0, 0.05) is 24.3 Å². The first kappa shape index (κ1) is 13.4. The molecule has 0 aliphatic heterocycles. The molecule has 2 N–H and O–H groups in total. The molecule has 1 aliphatic carbocycles. The Kier molecular flexibility index (Phi) is 4.25. The highest BCUT2D eigenvalue weighted by atomic mass is 16.5. The summed E-state index contributed by atoms with van der Waals surface area (Å²) < 4.78 is 5.55. The zero-order valence-corrected chi connectivity index (χ0v) is 11.4. The van der Waals surface area contributed by atoms with E-state index in [0.717, 1.165) is 30.6 Å². The maximum absolute atomic E-state index is 9.94. The van der Waals surface area contributed by atoms with Crippen LogP contribution in [-0.4, -0.2) is 23.9 Å². The van der Waals surface area contributed by atoms with E-state index in [4.69, 9.17) is 4.74 Å². The number of aromatic hydroxyl groups is 1. The van der Waals surface area contributed by atoms with Crippen molar-refractivity contribution in [1.29, 1.82) is 0 Å². The highest BCUT2D eigenvalue weighted by molar-refractivity contribution is 5.37. The predicted molar refractivity (Wildman–Crippen MR) is 72.8 cm³/mol. The van der Waals surface area contributed by atoms with E-state index in [1.807, 2.05) is 32.0 Å². The molecule has 1 aromatic rings. The minimum Gasteiger partial charge on any atom is -0.508 e. The maximum Gasteiger partial charge on any atom is 0.120 e. The van der Waals surface area contributed by atoms with Crippen molar-refractivity contribution in [2.24, 2.45) is 0 Å². The summed E-state index contributed by atoms with van der Waals surface area (Å²) in [6.07, 6.45) is 2.57. The van der Waals surface area contributed by atoms with Crippen LogP contribution in [0.4, 0.5) is 0 Å². The third kappa shape index (κ3) is 3.03. The Morgan fingerprint density at radius 2 is 2.17 bits per heavy atom. The molecule has 0 bridgehead atoms. The number of nitrogens with one attached hydrogen (secondary N) is 1. The van der Waals surface area contributed by atoms with E-state index in [2.05, 4.69) is 12.2 Å². The summed E-state index contributed by atoms with van der Waals surface area (Å²) in [5.41, 5.74) is 2.06. The second-order valence-corrected chi connectivity index (χ2v) is 5.20. The van der Waals surface area contributed by atoms with E-state index < -0.39 is 0 Å². The number of hydrogen-bond donors (Lipinski definition) is 2. The van der Waals surface area contributed by atoms with Crippen LogP contribution in [0.5, 0.6) is 5.75 Å². The minimum absolute atomic E-state index is 0.179. The lowest BCUT2D eigenvalue weighted by molar-refractivity contribution is -0.0120. The lowest BCUT2D eigenvalue weighted by Gasteiger charge is -2.37. The van der Waals surface area contributed by atoms with Gasteiger partial charge in [-0.1, -0.05) is 12.1 Å². The number of phenols is 1. The molecule has 1 saturated carbocycles. The lowest BCUT2D eigenvalue weighted by atomic mass is 9.88. The largest absolute Gasteiger partial charge is 0.508 e. The van der Waals surface area contributed by atoms with E-state index >= 15 is 0 Å². The first-order valence-corrected chi connectivity index (χ1v) is 6.77. The van der Waals surface area contributed by atoms with Gasteiger partial charge in [0.2, 0.25) is 0 Å². The van der Waals surface area contributed by atoms with Crippen LogP contribution >= 0.6 is 0 Å². The topological polar surface area (TPSA) is 41.5 Å². The first-order valence-electron chi connectivity index (χ1n) is 6.77. The Bertz CT molecular complexity index is 399. The molecule has 0 amide bonds. The molecule has 3 nitrogen and oxygen atoms in total. The molecule has 1 unspecified atom stereocenters. The van der Waals surface area contributed by atoms with Gasteiger partial charge in [-0.15, -0.1) is 0 Å². The Labute approximate surface area is 109 Å². The normalized spacial score (nSPS) is 24.6. The van der Waals surface area contributed by atoms with E-state index in [9.17, 15) is 5.11 Å². The van der Waals surface area contributed by atoms with Gasteiger partial charge in [0.25, 0.3) is 0 Å². The van der Waals surface area contributed by atoms with E-state index in [1.165, 1.54) is 0 Å². The van der Waals surface area contributed by atoms with Crippen LogP contribution in [-0.2, 0) is 4.74 Å². The molecule has 1 atom stereocenters. The molecule has 0 heterocycles. The monoisotopic (exact) mass is 249 g/mol. The third-order valence-electron chi connectivity index (χ3n) is 3.64. The summed E-state index contributed by atoms with van der Waals surface area (Å²) in [7, 11) is 0. The van der Waals surface area contributed by atoms with Crippen LogP contribution in [0, 0.1) is 6.92 Å². The number of rotatable bonds is 5. The standard InChI is InChI=1S/C15H23NO2/c1-4-18-13-8-12(9-13)16-11(3)14-6-5-10(2)7-15(14)17/h5-7,11-13,16-17H,4,8-9H2,1-3H3. The molecule has 1 aromatic carbocycles. The Morgan fingerprint density at radius 1 is 1.44 bits per heavy atom. The van der Waals surface area contributed by atoms with Gasteiger partial charge in [-0.3, -0.25) is 0 Å². The molecule has 0 aromatic heterocycles. The quantitative estimate of drug-likeness (QED) is 0.843. The average Bonchev–Trinajstić information content (AvgIpc) is 2.26. The summed E-state index contributed by atoms with van der Waals surface area (Å²) >= 11 is 0. The molecule has 0 spiro atoms. The second kappa shape index (κ2) is 5.72. The van der Waals surface area contributed by atoms with Crippen molar-refractivity contribution in [1.82, 2.24) is 5.32 Å². The summed E-state index contributed by atoms with van der Waals surface area (Å²) in [5.74, 6) is 0.385. The Balaban J connectivity index is 1.87. The van der Waals surface area contributed by atoms with Crippen LogP contribution in [0.15, 0.2) is 18.2 Å². The van der Waals surface area contributed by atoms with Crippen molar-refractivity contribution in [3.05, 3.63) is 29.3 Å². The SMILES string of the molecule is CCOC1CC(NC(C)c2ccc(C)cc2O)C1. The third-order valence-corrected chi connectivity index (χ3v) is 3.64. The van der Waals surface area contributed by atoms with Crippen LogP contribution < -0.4 is 5.32 Å². The zero-order valence-electron chi connectivity index (χ0n) is 11.4. The number of ether oxygens (including phenoxy) is 1. The van der Waals surface area contributed by atoms with Crippen LogP contribution in [0.1, 0.15) is 43.9 Å². The van der Waals surface area contributed by atoms with Gasteiger partial charge in [0.15, 0.2) is 0 Å². The van der Waals surface area contributed by atoms with Crippen molar-refractivity contribution < 1.29 is 9.84 Å². The summed E-state index contributed by atoms with van der Waals surface area (Å²) in [4.78, 5) is 0. The Hall–Kier alpha value is -1.06. The molecule has 1 aliphatic rings. The fourth-order valence-corrected chi connectivity index (χ4v) is 2.54. The number of hydrogen-bond acceptors (Lipinski definition) is 3. The second-order valence-electron chi connectivity index (χ2n) is 5.20. The highest BCUT2D eigenvalue weighted by Gasteiger charge is 2.30. The van der Waals surface area contributed by atoms with Gasteiger partial charge in [-0.05, 0) is 45.2 Å². The zero-order chi connectivity index (χ0) is 13.1. The highest BCUT2D eigenvalue weighted by Crippen LogP contribution is 2.29. The van der Waals surface area contributed by atoms with Crippen LogP contribution in [0.2, 0.25) is 0 Å². The summed E-state index contributed by atoms with van der Waals surface area (Å²) in [5, 5.41) is 13.5. The van der Waals surface area contributed by atoms with Crippen molar-refractivity contribution in [2.75, 3.05) is 6.61 Å². The van der Waals surface area contributed by atoms with Gasteiger partial charge >= 0.3 is 0 Å². The van der Waals surface area contributed by atoms with Gasteiger partial charge in [0.1, 0.15) is 5.75 Å². The molecule has 1 fully saturated rings. The molecule has 0 radical (unpaired) electrons. The lowest BCUT2D eigenvalue weighted by Crippen LogP contribution is -2.46. The van der Waals surface area contributed by atoms with Crippen LogP contribution in [0.25, 0.3) is 0 Å². The fourth-order valence-electron chi connectivity index (χ4n) is 2.54. The van der Waals surface area contributed by atoms with E-state index in [0.29, 0.717) is 17.9 Å². The predicted octanol–water partition coefficient (Wildman–Crippen LogP) is 2.92. The number of phenolic OH excluding ortho intramolecular Hbond substituents is 1. The van der Waals surface area contributed by atoms with E-state index in [1.54, 1.807) is 0 Å². The molecule has 3 heteroatoms. The number of benzene rings is 1. The van der Waals surface area contributed by atoms with Gasteiger partial charge in [-0.2, -0.15) is 0 Å². The summed E-state index contributed by atoms with van der Waals surface area (Å²) in [6, 6.07) is 6.55. The first-order chi connectivity index (χ1) is 8.60. The smallest absolute Gasteiger partial charge is 0.120 e. The molecular weight excluding hydrogens is 226 g/mol. The molecular formula is C15H23NO2. The number of aryl methyl sites for hydroxylation is 1. The van der Waals surface area contributed by atoms with Crippen LogP contribution in [0.3, 0.4) is 0 Å². The Morgan fingerprint density at radius 3 is 2.78 bits per heavy atom. The minimum atomic E-state index is 0.179. The molecule has 0 saturated heterocycles. The molecule has 18 heavy (non-hydrogen) atoms. The maximum atomic E-state index is 9.94. The average molecular weight is 249 g/mol. The van der Waals surface area contributed by atoms with Crippen molar-refractivity contribution in [3.63, 3.8) is 0 Å². The van der Waals surface area contributed by atoms with Crippen molar-refractivity contribution in [2.45, 2.75) is 51.8 Å². The van der Waals surface area contributed by atoms with E-state index in [-0.39, 0.29) is 6.04 Å².